The molecule has 0 bridgehead atoms. The molecule has 1 unspecified atom stereocenters. The van der Waals surface area contributed by atoms with Gasteiger partial charge < -0.3 is 11.1 Å². The summed E-state index contributed by atoms with van der Waals surface area (Å²) < 4.78 is 0. The van der Waals surface area contributed by atoms with Gasteiger partial charge in [-0.1, -0.05) is 90.0 Å². The van der Waals surface area contributed by atoms with Gasteiger partial charge in [0.05, 0.1) is 17.6 Å². The summed E-state index contributed by atoms with van der Waals surface area (Å²) in [6, 6.07) is 24.4. The van der Waals surface area contributed by atoms with Crippen molar-refractivity contribution in [3.63, 3.8) is 0 Å². The van der Waals surface area contributed by atoms with Gasteiger partial charge in [0.1, 0.15) is 11.7 Å². The summed E-state index contributed by atoms with van der Waals surface area (Å²) in [6.07, 6.45) is 1.73. The highest BCUT2D eigenvalue weighted by Crippen LogP contribution is 2.29. The second kappa shape index (κ2) is 10.1. The van der Waals surface area contributed by atoms with Crippen LogP contribution in [-0.4, -0.2) is 27.8 Å². The van der Waals surface area contributed by atoms with Crippen molar-refractivity contribution in [3.05, 3.63) is 107 Å². The van der Waals surface area contributed by atoms with E-state index in [2.05, 4.69) is 15.3 Å². The predicted octanol–water partition coefficient (Wildman–Crippen LogP) is 4.25. The number of nitrogens with two attached hydrogens (primary N) is 1. The summed E-state index contributed by atoms with van der Waals surface area (Å²) in [6.45, 7) is 4.03. The quantitative estimate of drug-likeness (QED) is 0.440. The second-order valence-corrected chi connectivity index (χ2v) is 8.30. The van der Waals surface area contributed by atoms with Crippen LogP contribution in [0, 0.1) is 13.8 Å². The molecule has 0 radical (unpaired) electrons. The lowest BCUT2D eigenvalue weighted by molar-refractivity contribution is -0.119. The zero-order valence-corrected chi connectivity index (χ0v) is 19.2. The topological polar surface area (TPSA) is 98.0 Å². The van der Waals surface area contributed by atoms with Gasteiger partial charge in [0.2, 0.25) is 5.91 Å². The summed E-state index contributed by atoms with van der Waals surface area (Å²) in [7, 11) is 0. The number of nitrogens with one attached hydrogen (secondary N) is 1. The molecule has 0 aliphatic heterocycles. The summed E-state index contributed by atoms with van der Waals surface area (Å²) in [4.78, 5) is 34.3. The molecule has 6 nitrogen and oxygen atoms in total. The van der Waals surface area contributed by atoms with Gasteiger partial charge in [0, 0.05) is 17.5 Å². The number of amides is 2. The monoisotopic (exact) mass is 450 g/mol. The van der Waals surface area contributed by atoms with Crippen molar-refractivity contribution in [2.45, 2.75) is 26.3 Å². The lowest BCUT2D eigenvalue weighted by atomic mass is 10.0. The zero-order valence-electron chi connectivity index (χ0n) is 19.2. The molecule has 1 atom stereocenters. The molecule has 0 aliphatic rings. The molecular weight excluding hydrogens is 424 g/mol. The van der Waals surface area contributed by atoms with Crippen LogP contribution >= 0.6 is 0 Å². The molecule has 1 heterocycles. The Morgan fingerprint density at radius 3 is 1.94 bits per heavy atom. The molecule has 0 saturated carbocycles. The number of benzene rings is 3. The van der Waals surface area contributed by atoms with Crippen LogP contribution in [0.15, 0.2) is 85.1 Å². The Balaban J connectivity index is 1.68. The fourth-order valence-electron chi connectivity index (χ4n) is 3.64. The number of aryl methyl sites for hydroxylation is 2. The Kier molecular flexibility index (Phi) is 6.78. The third-order valence-electron chi connectivity index (χ3n) is 5.59. The van der Waals surface area contributed by atoms with E-state index < -0.39 is 17.9 Å². The highest BCUT2D eigenvalue weighted by atomic mass is 16.2. The van der Waals surface area contributed by atoms with Crippen molar-refractivity contribution in [1.29, 1.82) is 0 Å². The van der Waals surface area contributed by atoms with Crippen LogP contribution in [0.1, 0.15) is 27.2 Å². The first kappa shape index (κ1) is 22.9. The van der Waals surface area contributed by atoms with E-state index in [1.165, 1.54) is 6.20 Å². The van der Waals surface area contributed by atoms with E-state index in [0.717, 1.165) is 27.8 Å². The Morgan fingerprint density at radius 2 is 1.38 bits per heavy atom. The molecule has 0 aliphatic carbocycles. The van der Waals surface area contributed by atoms with Crippen LogP contribution in [0.25, 0.3) is 22.5 Å². The minimum absolute atomic E-state index is 0.116. The normalized spacial score (nSPS) is 11.6. The number of hydrogen-bond acceptors (Lipinski definition) is 4. The first-order valence-corrected chi connectivity index (χ1v) is 11.1. The van der Waals surface area contributed by atoms with Crippen molar-refractivity contribution in [2.75, 3.05) is 0 Å². The molecule has 34 heavy (non-hydrogen) atoms. The third kappa shape index (κ3) is 5.35. The summed E-state index contributed by atoms with van der Waals surface area (Å²) in [5, 5.41) is 2.72. The Labute approximate surface area is 198 Å². The van der Waals surface area contributed by atoms with E-state index in [0.29, 0.717) is 17.8 Å². The second-order valence-electron chi connectivity index (χ2n) is 8.30. The Hall–Kier alpha value is -4.32. The fraction of sp³-hybridized carbons (Fsp3) is 0.143. The van der Waals surface area contributed by atoms with E-state index in [-0.39, 0.29) is 5.69 Å². The molecule has 170 valence electrons. The SMILES string of the molecule is Cc1ccc(-c2ncc(C(=O)NC(Cc3ccccc3)C(N)=O)nc2-c2ccc(C)cc2)cc1. The van der Waals surface area contributed by atoms with E-state index >= 15 is 0 Å². The third-order valence-corrected chi connectivity index (χ3v) is 5.59. The molecule has 0 spiro atoms. The van der Waals surface area contributed by atoms with Crippen LogP contribution in [0.4, 0.5) is 0 Å². The van der Waals surface area contributed by atoms with Gasteiger partial charge in [-0.15, -0.1) is 0 Å². The Morgan fingerprint density at radius 1 is 0.824 bits per heavy atom. The summed E-state index contributed by atoms with van der Waals surface area (Å²) in [5.41, 5.74) is 11.9. The number of carbonyl (C=O) groups excluding carboxylic acids is 2. The molecule has 6 heteroatoms. The highest BCUT2D eigenvalue weighted by molar-refractivity contribution is 5.96. The number of nitrogens with zero attached hydrogens (tertiary/aromatic N) is 2. The molecule has 1 aromatic heterocycles. The number of rotatable bonds is 7. The maximum atomic E-state index is 13.1. The van der Waals surface area contributed by atoms with Gasteiger partial charge in [0.25, 0.3) is 5.91 Å². The number of aromatic nitrogens is 2. The minimum Gasteiger partial charge on any atom is -0.368 e. The van der Waals surface area contributed by atoms with Crippen molar-refractivity contribution in [3.8, 4) is 22.5 Å². The molecule has 3 N–H and O–H groups in total. The van der Waals surface area contributed by atoms with Crippen molar-refractivity contribution in [1.82, 2.24) is 15.3 Å². The number of hydrogen-bond donors (Lipinski definition) is 2. The molecule has 4 aromatic rings. The number of carbonyl (C=O) groups is 2. The lowest BCUT2D eigenvalue weighted by Crippen LogP contribution is -2.46. The zero-order chi connectivity index (χ0) is 24.1. The molecule has 3 aromatic carbocycles. The van der Waals surface area contributed by atoms with Crippen LogP contribution < -0.4 is 11.1 Å². The van der Waals surface area contributed by atoms with Gasteiger partial charge in [-0.3, -0.25) is 14.6 Å². The van der Waals surface area contributed by atoms with Crippen molar-refractivity contribution < 1.29 is 9.59 Å². The van der Waals surface area contributed by atoms with Crippen molar-refractivity contribution >= 4 is 11.8 Å². The highest BCUT2D eigenvalue weighted by Gasteiger charge is 2.22. The fourth-order valence-corrected chi connectivity index (χ4v) is 3.64. The first-order valence-electron chi connectivity index (χ1n) is 11.1. The number of primary amides is 1. The van der Waals surface area contributed by atoms with E-state index in [1.807, 2.05) is 92.7 Å². The van der Waals surface area contributed by atoms with Gasteiger partial charge in [-0.2, -0.15) is 0 Å². The van der Waals surface area contributed by atoms with Crippen LogP contribution in [0.2, 0.25) is 0 Å². The smallest absolute Gasteiger partial charge is 0.272 e. The first-order chi connectivity index (χ1) is 16.4. The largest absolute Gasteiger partial charge is 0.368 e. The molecule has 0 fully saturated rings. The maximum Gasteiger partial charge on any atom is 0.272 e. The van der Waals surface area contributed by atoms with Crippen LogP contribution in [0.3, 0.4) is 0 Å². The van der Waals surface area contributed by atoms with E-state index in [9.17, 15) is 9.59 Å². The Bertz CT molecular complexity index is 1300. The summed E-state index contributed by atoms with van der Waals surface area (Å²) >= 11 is 0. The average Bonchev–Trinajstić information content (AvgIpc) is 2.85. The molecular formula is C28H26N4O2. The van der Waals surface area contributed by atoms with Gasteiger partial charge in [0.15, 0.2) is 0 Å². The predicted molar refractivity (Wildman–Crippen MR) is 133 cm³/mol. The van der Waals surface area contributed by atoms with Crippen molar-refractivity contribution in [2.24, 2.45) is 5.73 Å². The maximum absolute atomic E-state index is 13.1. The van der Waals surface area contributed by atoms with Gasteiger partial charge in [-0.05, 0) is 19.4 Å². The van der Waals surface area contributed by atoms with Crippen LogP contribution in [0.5, 0.6) is 0 Å². The van der Waals surface area contributed by atoms with E-state index in [1.54, 1.807) is 0 Å². The average molecular weight is 451 g/mol. The standard InChI is InChI=1S/C28H26N4O2/c1-18-8-12-21(13-9-18)25-26(22-14-10-19(2)11-15-22)31-24(17-30-25)28(34)32-23(27(29)33)16-20-6-4-3-5-7-20/h3-15,17,23H,16H2,1-2H3,(H2,29,33)(H,32,34). The molecule has 0 saturated heterocycles. The van der Waals surface area contributed by atoms with E-state index in [4.69, 9.17) is 5.73 Å². The molecule has 2 amide bonds. The molecule has 4 rings (SSSR count). The van der Waals surface area contributed by atoms with Gasteiger partial charge >= 0.3 is 0 Å². The lowest BCUT2D eigenvalue weighted by Gasteiger charge is -2.16. The summed E-state index contributed by atoms with van der Waals surface area (Å²) in [5.74, 6) is -1.11. The van der Waals surface area contributed by atoms with Crippen LogP contribution in [-0.2, 0) is 11.2 Å². The minimum atomic E-state index is -0.865. The van der Waals surface area contributed by atoms with Gasteiger partial charge in [-0.25, -0.2) is 4.98 Å².